The van der Waals surface area contributed by atoms with E-state index in [1.807, 2.05) is 6.92 Å². The number of ketones is 2. The average molecular weight is 780 g/mol. The first-order valence-electron chi connectivity index (χ1n) is 17.8. The molecule has 0 saturated carbocycles. The molecule has 0 aliphatic heterocycles. The number of carbonyl (C=O) groups is 8. The maximum atomic E-state index is 13.2. The Bertz CT molecular complexity index is 1450. The van der Waals surface area contributed by atoms with Gasteiger partial charge in [-0.1, -0.05) is 46.8 Å². The summed E-state index contributed by atoms with van der Waals surface area (Å²) in [6, 6.07) is 3.28. The van der Waals surface area contributed by atoms with Gasteiger partial charge in [-0.3, -0.25) is 38.0 Å². The lowest BCUT2D eigenvalue weighted by Crippen LogP contribution is -2.54. The van der Waals surface area contributed by atoms with E-state index >= 15 is 0 Å². The zero-order valence-electron chi connectivity index (χ0n) is 32.8. The summed E-state index contributed by atoms with van der Waals surface area (Å²) >= 11 is 3.44. The SMILES string of the molecule is CCSCC(CSC(C)C)C(=O)c1ccc(C(=O)NCC(=O)NC(CCC(=O)NC(C(=O)NC(C)C(C)=O)C(C)C)C(=O)NCC(=O)[N+](C)(C)C)cc1. The zero-order valence-corrected chi connectivity index (χ0v) is 34.4. The van der Waals surface area contributed by atoms with Crippen LogP contribution in [-0.2, 0) is 28.8 Å². The minimum atomic E-state index is -1.26. The number of benzene rings is 1. The minimum absolute atomic E-state index is 0.0113. The van der Waals surface area contributed by atoms with Crippen molar-refractivity contribution in [2.24, 2.45) is 11.8 Å². The van der Waals surface area contributed by atoms with Gasteiger partial charge in [0.25, 0.3) is 5.91 Å². The lowest BCUT2D eigenvalue weighted by molar-refractivity contribution is -0.791. The predicted octanol–water partition coefficient (Wildman–Crippen LogP) is 1.96. The van der Waals surface area contributed by atoms with Crippen LogP contribution in [0, 0.1) is 11.8 Å². The maximum Gasteiger partial charge on any atom is 0.332 e. The first-order chi connectivity index (χ1) is 24.7. The molecule has 1 aromatic carbocycles. The monoisotopic (exact) mass is 779 g/mol. The lowest BCUT2D eigenvalue weighted by Gasteiger charge is -2.24. The fourth-order valence-electron chi connectivity index (χ4n) is 4.55. The van der Waals surface area contributed by atoms with E-state index in [4.69, 9.17) is 0 Å². The molecule has 0 aliphatic carbocycles. The highest BCUT2D eigenvalue weighted by Crippen LogP contribution is 2.22. The molecule has 4 unspecified atom stereocenters. The average Bonchev–Trinajstić information content (AvgIpc) is 3.08. The summed E-state index contributed by atoms with van der Waals surface area (Å²) in [6.07, 6.45) is -0.457. The van der Waals surface area contributed by atoms with Gasteiger partial charge in [0, 0.05) is 35.0 Å². The Kier molecular flexibility index (Phi) is 20.6. The smallest absolute Gasteiger partial charge is 0.332 e. The molecule has 5 N–H and O–H groups in total. The number of likely N-dealkylation sites (N-methyl/N-ethyl adjacent to an activating group) is 1. The summed E-state index contributed by atoms with van der Waals surface area (Å²) in [7, 11) is 4.92. The normalized spacial score (nSPS) is 13.7. The van der Waals surface area contributed by atoms with Gasteiger partial charge in [0.1, 0.15) is 18.6 Å². The van der Waals surface area contributed by atoms with Gasteiger partial charge < -0.3 is 26.6 Å². The van der Waals surface area contributed by atoms with Gasteiger partial charge in [-0.2, -0.15) is 23.5 Å². The molecule has 16 heteroatoms. The van der Waals surface area contributed by atoms with Gasteiger partial charge >= 0.3 is 5.91 Å². The summed E-state index contributed by atoms with van der Waals surface area (Å²) in [4.78, 5) is 102. The van der Waals surface area contributed by atoms with Crippen LogP contribution in [0.3, 0.4) is 0 Å². The van der Waals surface area contributed by atoms with Crippen LogP contribution in [0.2, 0.25) is 0 Å². The number of rotatable bonds is 23. The molecule has 4 atom stereocenters. The summed E-state index contributed by atoms with van der Waals surface area (Å²) < 4.78 is -0.0580. The van der Waals surface area contributed by atoms with E-state index in [2.05, 4.69) is 40.4 Å². The van der Waals surface area contributed by atoms with E-state index < -0.39 is 54.2 Å². The van der Waals surface area contributed by atoms with Gasteiger partial charge in [0.2, 0.25) is 23.6 Å². The molecule has 0 aromatic heterocycles. The molecule has 0 saturated heterocycles. The fourth-order valence-corrected chi connectivity index (χ4v) is 6.38. The van der Waals surface area contributed by atoms with Gasteiger partial charge in [0.15, 0.2) is 11.6 Å². The first-order valence-corrected chi connectivity index (χ1v) is 20.0. The Labute approximate surface area is 322 Å². The third-order valence-electron chi connectivity index (χ3n) is 8.07. The van der Waals surface area contributed by atoms with Crippen LogP contribution in [0.5, 0.6) is 0 Å². The van der Waals surface area contributed by atoms with Crippen molar-refractivity contribution in [1.82, 2.24) is 26.6 Å². The number of Topliss-reactive ketones (excluding diaryl/α,β-unsaturated/α-hetero) is 2. The van der Waals surface area contributed by atoms with Crippen molar-refractivity contribution in [3.63, 3.8) is 0 Å². The van der Waals surface area contributed by atoms with Gasteiger partial charge in [-0.15, -0.1) is 0 Å². The maximum absolute atomic E-state index is 13.2. The molecule has 0 bridgehead atoms. The minimum Gasteiger partial charge on any atom is -0.345 e. The van der Waals surface area contributed by atoms with E-state index in [9.17, 15) is 38.4 Å². The number of amides is 6. The van der Waals surface area contributed by atoms with Crippen molar-refractivity contribution in [3.8, 4) is 0 Å². The van der Waals surface area contributed by atoms with E-state index in [-0.39, 0.29) is 58.7 Å². The van der Waals surface area contributed by atoms with Crippen LogP contribution in [0.1, 0.15) is 82.0 Å². The zero-order chi connectivity index (χ0) is 40.5. The van der Waals surface area contributed by atoms with Crippen molar-refractivity contribution < 1.29 is 42.8 Å². The Morgan fingerprint density at radius 1 is 0.736 bits per heavy atom. The summed E-state index contributed by atoms with van der Waals surface area (Å²) in [5.74, 6) is -1.83. The van der Waals surface area contributed by atoms with Crippen molar-refractivity contribution in [1.29, 1.82) is 0 Å². The number of carbonyl (C=O) groups excluding carboxylic acids is 8. The first kappa shape index (κ1) is 47.3. The fraction of sp³-hybridized carbons (Fsp3) is 0.622. The van der Waals surface area contributed by atoms with Crippen LogP contribution < -0.4 is 26.6 Å². The van der Waals surface area contributed by atoms with Gasteiger partial charge in [-0.25, -0.2) is 4.79 Å². The van der Waals surface area contributed by atoms with Gasteiger partial charge in [-0.05, 0) is 49.3 Å². The molecule has 0 aliphatic rings. The Morgan fingerprint density at radius 2 is 1.34 bits per heavy atom. The van der Waals surface area contributed by atoms with E-state index in [0.29, 0.717) is 22.3 Å². The van der Waals surface area contributed by atoms with Crippen molar-refractivity contribution in [3.05, 3.63) is 35.4 Å². The van der Waals surface area contributed by atoms with Crippen molar-refractivity contribution in [2.45, 2.75) is 84.7 Å². The van der Waals surface area contributed by atoms with E-state index in [1.165, 1.54) is 26.0 Å². The number of hydrogen-bond acceptors (Lipinski definition) is 10. The number of nitrogens with one attached hydrogen (secondary N) is 5. The molecule has 6 amide bonds. The molecular weight excluding hydrogens is 721 g/mol. The molecule has 0 heterocycles. The van der Waals surface area contributed by atoms with Crippen LogP contribution in [0.15, 0.2) is 24.3 Å². The van der Waals surface area contributed by atoms with Crippen molar-refractivity contribution in [2.75, 3.05) is 51.5 Å². The molecule has 0 spiro atoms. The highest BCUT2D eigenvalue weighted by Gasteiger charge is 2.29. The lowest BCUT2D eigenvalue weighted by atomic mass is 9.99. The third kappa shape index (κ3) is 17.7. The molecular formula is C37H59N6O8S2+. The Hall–Kier alpha value is -3.76. The molecule has 1 rings (SSSR count). The molecule has 1 aromatic rings. The van der Waals surface area contributed by atoms with E-state index in [0.717, 1.165) is 5.75 Å². The highest BCUT2D eigenvalue weighted by atomic mass is 32.2. The van der Waals surface area contributed by atoms with Crippen LogP contribution in [0.25, 0.3) is 0 Å². The summed E-state index contributed by atoms with van der Waals surface area (Å²) in [5, 5.41) is 13.1. The number of nitrogens with zero attached hydrogens (tertiary/aromatic N) is 1. The van der Waals surface area contributed by atoms with Crippen LogP contribution >= 0.6 is 23.5 Å². The quantitative estimate of drug-likeness (QED) is 0.0810. The molecule has 296 valence electrons. The Morgan fingerprint density at radius 3 is 1.87 bits per heavy atom. The number of hydrogen-bond donors (Lipinski definition) is 5. The standard InChI is InChI=1S/C37H58N6O8S2/c1-11-52-20-28(21-53-23(4)5)34(48)26-12-14-27(15-13-26)35(49)38-18-31(46)41-29(36(50)39-19-32(47)43(8,9)10)16-17-30(45)42-33(22(2)3)37(51)40-24(6)25(7)44/h12-15,22-24,28-29,33H,11,16-21H2,1-10H3,(H4-,38,39,40,41,42,45,46,49,50,51)/p+1. The summed E-state index contributed by atoms with van der Waals surface area (Å²) in [5.41, 5.74) is 0.731. The molecule has 0 radical (unpaired) electrons. The highest BCUT2D eigenvalue weighted by molar-refractivity contribution is 8.00. The van der Waals surface area contributed by atoms with Gasteiger partial charge in [0.05, 0.1) is 33.7 Å². The second-order valence-corrected chi connectivity index (χ2v) is 17.2. The molecule has 0 fully saturated rings. The van der Waals surface area contributed by atoms with Crippen molar-refractivity contribution >= 4 is 70.5 Å². The second-order valence-electron chi connectivity index (χ2n) is 14.3. The number of quaternary nitrogens is 1. The Balaban J connectivity index is 2.97. The number of thioether (sulfide) groups is 2. The van der Waals surface area contributed by atoms with Crippen LogP contribution in [-0.4, -0.2) is 126 Å². The molecule has 14 nitrogen and oxygen atoms in total. The predicted molar refractivity (Wildman–Crippen MR) is 209 cm³/mol. The van der Waals surface area contributed by atoms with E-state index in [1.54, 1.807) is 70.6 Å². The van der Waals surface area contributed by atoms with Crippen LogP contribution in [0.4, 0.5) is 0 Å². The topological polar surface area (TPSA) is 197 Å². The second kappa shape index (κ2) is 23.1. The molecule has 53 heavy (non-hydrogen) atoms. The summed E-state index contributed by atoms with van der Waals surface area (Å²) in [6.45, 7) is 11.7. The third-order valence-corrected chi connectivity index (χ3v) is 10.4. The largest absolute Gasteiger partial charge is 0.345 e.